The molecule has 116 valence electrons. The van der Waals surface area contributed by atoms with E-state index in [1.54, 1.807) is 13.8 Å². The first kappa shape index (κ1) is 16.0. The van der Waals surface area contributed by atoms with Crippen LogP contribution in [0.4, 0.5) is 0 Å². The van der Waals surface area contributed by atoms with Crippen molar-refractivity contribution in [3.63, 3.8) is 0 Å². The molecule has 0 spiro atoms. The van der Waals surface area contributed by atoms with Crippen LogP contribution in [0.1, 0.15) is 60.1 Å². The lowest BCUT2D eigenvalue weighted by molar-refractivity contribution is -0.144. The van der Waals surface area contributed by atoms with Crippen LogP contribution in [0.5, 0.6) is 0 Å². The lowest BCUT2D eigenvalue weighted by Crippen LogP contribution is -2.53. The number of fused-ring (bicyclic) bond motifs is 1. The first-order valence-corrected chi connectivity index (χ1v) is 8.41. The standard InChI is InChI=1S/C16H23NO3S/c1-4-16(5-2,15(19)20)17-14(18)13-9-11-8-10(3)6-7-12(11)21-13/h9-10H,4-8H2,1-3H3,(H,17,18)(H,19,20). The molecule has 21 heavy (non-hydrogen) atoms. The fraction of sp³-hybridized carbons (Fsp3) is 0.625. The Bertz CT molecular complexity index is 546. The van der Waals surface area contributed by atoms with Crippen LogP contribution >= 0.6 is 11.3 Å². The van der Waals surface area contributed by atoms with E-state index in [1.807, 2.05) is 6.07 Å². The number of carboxylic acid groups (broad SMARTS) is 1. The quantitative estimate of drug-likeness (QED) is 0.877. The van der Waals surface area contributed by atoms with Crippen LogP contribution in [-0.2, 0) is 17.6 Å². The molecule has 0 fully saturated rings. The van der Waals surface area contributed by atoms with Crippen molar-refractivity contribution in [1.29, 1.82) is 0 Å². The molecule has 0 aliphatic heterocycles. The number of amides is 1. The predicted octanol–water partition coefficient (Wildman–Crippen LogP) is 3.25. The van der Waals surface area contributed by atoms with Gasteiger partial charge in [0.1, 0.15) is 5.54 Å². The number of aryl methyl sites for hydroxylation is 1. The van der Waals surface area contributed by atoms with Gasteiger partial charge in [0.15, 0.2) is 0 Å². The van der Waals surface area contributed by atoms with Crippen molar-refractivity contribution in [2.24, 2.45) is 5.92 Å². The zero-order valence-electron chi connectivity index (χ0n) is 12.9. The summed E-state index contributed by atoms with van der Waals surface area (Å²) in [6.07, 6.45) is 3.97. The lowest BCUT2D eigenvalue weighted by atomic mass is 9.90. The average Bonchev–Trinajstić information content (AvgIpc) is 2.87. The van der Waals surface area contributed by atoms with Crippen molar-refractivity contribution in [2.45, 2.75) is 58.4 Å². The van der Waals surface area contributed by atoms with E-state index in [1.165, 1.54) is 21.8 Å². The summed E-state index contributed by atoms with van der Waals surface area (Å²) in [5.74, 6) is -0.559. The van der Waals surface area contributed by atoms with Crippen LogP contribution in [0.25, 0.3) is 0 Å². The van der Waals surface area contributed by atoms with Gasteiger partial charge < -0.3 is 10.4 Å². The number of hydrogen-bond acceptors (Lipinski definition) is 3. The molecule has 0 saturated carbocycles. The number of aliphatic carboxylic acids is 1. The van der Waals surface area contributed by atoms with E-state index in [0.29, 0.717) is 23.6 Å². The highest BCUT2D eigenvalue weighted by Gasteiger charge is 2.37. The highest BCUT2D eigenvalue weighted by atomic mass is 32.1. The summed E-state index contributed by atoms with van der Waals surface area (Å²) in [6, 6.07) is 1.95. The van der Waals surface area contributed by atoms with Crippen molar-refractivity contribution in [2.75, 3.05) is 0 Å². The summed E-state index contributed by atoms with van der Waals surface area (Å²) < 4.78 is 0. The van der Waals surface area contributed by atoms with E-state index in [4.69, 9.17) is 0 Å². The van der Waals surface area contributed by atoms with Crippen molar-refractivity contribution >= 4 is 23.2 Å². The second-order valence-electron chi connectivity index (χ2n) is 5.96. The average molecular weight is 309 g/mol. The third kappa shape index (κ3) is 3.12. The van der Waals surface area contributed by atoms with Crippen LogP contribution in [-0.4, -0.2) is 22.5 Å². The zero-order valence-corrected chi connectivity index (χ0v) is 13.7. The molecule has 1 aromatic heterocycles. The number of carboxylic acids is 1. The predicted molar refractivity (Wildman–Crippen MR) is 83.9 cm³/mol. The number of rotatable bonds is 5. The molecule has 1 heterocycles. The van der Waals surface area contributed by atoms with Crippen LogP contribution in [0, 0.1) is 5.92 Å². The summed E-state index contributed by atoms with van der Waals surface area (Å²) in [6.45, 7) is 5.81. The minimum atomic E-state index is -1.16. The van der Waals surface area contributed by atoms with Crippen LogP contribution in [0.2, 0.25) is 0 Å². The Hall–Kier alpha value is -1.36. The third-order valence-corrected chi connectivity index (χ3v) is 5.76. The van der Waals surface area contributed by atoms with Gasteiger partial charge in [-0.1, -0.05) is 20.8 Å². The Morgan fingerprint density at radius 2 is 2.10 bits per heavy atom. The maximum Gasteiger partial charge on any atom is 0.329 e. The molecule has 2 N–H and O–H groups in total. The molecule has 1 amide bonds. The SMILES string of the molecule is CCC(CC)(NC(=O)c1cc2c(s1)CCC(C)C2)C(=O)O. The molecular weight excluding hydrogens is 286 g/mol. The second kappa shape index (κ2) is 6.18. The molecule has 1 atom stereocenters. The molecule has 0 saturated heterocycles. The molecule has 1 aliphatic rings. The number of hydrogen-bond donors (Lipinski definition) is 2. The normalized spacial score (nSPS) is 18.1. The molecule has 0 aromatic carbocycles. The van der Waals surface area contributed by atoms with Gasteiger partial charge in [-0.15, -0.1) is 11.3 Å². The number of carbonyl (C=O) groups excluding carboxylic acids is 1. The number of nitrogens with one attached hydrogen (secondary N) is 1. The minimum Gasteiger partial charge on any atom is -0.480 e. The molecule has 0 bridgehead atoms. The first-order valence-electron chi connectivity index (χ1n) is 7.59. The monoisotopic (exact) mass is 309 g/mol. The van der Waals surface area contributed by atoms with Crippen molar-refractivity contribution in [3.8, 4) is 0 Å². The fourth-order valence-corrected chi connectivity index (χ4v) is 3.98. The third-order valence-electron chi connectivity index (χ3n) is 4.52. The number of carbonyl (C=O) groups is 2. The van der Waals surface area contributed by atoms with E-state index in [2.05, 4.69) is 12.2 Å². The van der Waals surface area contributed by atoms with Crippen LogP contribution in [0.15, 0.2) is 6.07 Å². The molecule has 1 aromatic rings. The Labute approximate surface area is 129 Å². The fourth-order valence-electron chi connectivity index (χ4n) is 2.88. The van der Waals surface area contributed by atoms with Gasteiger partial charge in [0.25, 0.3) is 5.91 Å². The maximum absolute atomic E-state index is 12.4. The van der Waals surface area contributed by atoms with Gasteiger partial charge in [0.05, 0.1) is 4.88 Å². The summed E-state index contributed by atoms with van der Waals surface area (Å²) in [5.41, 5.74) is 0.104. The molecule has 1 aliphatic carbocycles. The molecule has 5 heteroatoms. The van der Waals surface area contributed by atoms with Gasteiger partial charge in [-0.3, -0.25) is 4.79 Å². The van der Waals surface area contributed by atoms with E-state index in [0.717, 1.165) is 19.3 Å². The van der Waals surface area contributed by atoms with E-state index in [-0.39, 0.29) is 5.91 Å². The summed E-state index contributed by atoms with van der Waals surface area (Å²) >= 11 is 1.51. The van der Waals surface area contributed by atoms with Gasteiger partial charge in [0, 0.05) is 4.88 Å². The second-order valence-corrected chi connectivity index (χ2v) is 7.09. The van der Waals surface area contributed by atoms with Crippen LogP contribution < -0.4 is 5.32 Å². The van der Waals surface area contributed by atoms with E-state index >= 15 is 0 Å². The smallest absolute Gasteiger partial charge is 0.329 e. The minimum absolute atomic E-state index is 0.256. The topological polar surface area (TPSA) is 66.4 Å². The van der Waals surface area contributed by atoms with Gasteiger partial charge in [-0.25, -0.2) is 4.79 Å². The van der Waals surface area contributed by atoms with Gasteiger partial charge in [0.2, 0.25) is 0 Å². The largest absolute Gasteiger partial charge is 0.480 e. The summed E-state index contributed by atoms with van der Waals surface area (Å²) in [7, 11) is 0. The zero-order chi connectivity index (χ0) is 15.6. The Balaban J connectivity index is 2.19. The molecular formula is C16H23NO3S. The highest BCUT2D eigenvalue weighted by molar-refractivity contribution is 7.14. The first-order chi connectivity index (χ1) is 9.91. The molecule has 2 rings (SSSR count). The van der Waals surface area contributed by atoms with E-state index < -0.39 is 11.5 Å². The van der Waals surface area contributed by atoms with Gasteiger partial charge in [-0.2, -0.15) is 0 Å². The summed E-state index contributed by atoms with van der Waals surface area (Å²) in [4.78, 5) is 25.8. The lowest BCUT2D eigenvalue weighted by Gasteiger charge is -2.27. The molecule has 1 unspecified atom stereocenters. The summed E-state index contributed by atoms with van der Waals surface area (Å²) in [5, 5.41) is 12.1. The maximum atomic E-state index is 12.4. The Morgan fingerprint density at radius 1 is 1.43 bits per heavy atom. The highest BCUT2D eigenvalue weighted by Crippen LogP contribution is 2.32. The Kier molecular flexibility index (Phi) is 4.71. The van der Waals surface area contributed by atoms with Crippen molar-refractivity contribution in [3.05, 3.63) is 21.4 Å². The van der Waals surface area contributed by atoms with E-state index in [9.17, 15) is 14.7 Å². The molecule has 0 radical (unpaired) electrons. The van der Waals surface area contributed by atoms with Crippen molar-refractivity contribution in [1.82, 2.24) is 5.32 Å². The van der Waals surface area contributed by atoms with Crippen LogP contribution in [0.3, 0.4) is 0 Å². The van der Waals surface area contributed by atoms with Gasteiger partial charge in [-0.05, 0) is 49.7 Å². The van der Waals surface area contributed by atoms with Crippen molar-refractivity contribution < 1.29 is 14.7 Å². The van der Waals surface area contributed by atoms with Gasteiger partial charge >= 0.3 is 5.97 Å². The number of thiophene rings is 1. The Morgan fingerprint density at radius 3 is 2.67 bits per heavy atom. The molecule has 4 nitrogen and oxygen atoms in total.